The summed E-state index contributed by atoms with van der Waals surface area (Å²) < 4.78 is 12.4. The van der Waals surface area contributed by atoms with Crippen molar-refractivity contribution >= 4 is 5.91 Å². The van der Waals surface area contributed by atoms with E-state index in [4.69, 9.17) is 9.47 Å². The smallest absolute Gasteiger partial charge is 0.230 e. The van der Waals surface area contributed by atoms with Gasteiger partial charge in [-0.15, -0.1) is 0 Å². The highest BCUT2D eigenvalue weighted by atomic mass is 16.5. The van der Waals surface area contributed by atoms with Crippen LogP contribution in [0.25, 0.3) is 0 Å². The van der Waals surface area contributed by atoms with Crippen molar-refractivity contribution in [1.29, 1.82) is 0 Å². The molecule has 2 fully saturated rings. The van der Waals surface area contributed by atoms with Crippen LogP contribution in [0.3, 0.4) is 0 Å². The predicted octanol–water partition coefficient (Wildman–Crippen LogP) is -0.369. The first-order chi connectivity index (χ1) is 10.6. The molecule has 0 unspecified atom stereocenters. The molecule has 0 spiro atoms. The highest BCUT2D eigenvalue weighted by Crippen LogP contribution is 2.41. The number of likely N-dealkylation sites (tertiary alicyclic amines) is 1. The molecule has 0 aliphatic carbocycles. The van der Waals surface area contributed by atoms with Crippen LogP contribution in [-0.2, 0) is 27.9 Å². The van der Waals surface area contributed by atoms with Crippen molar-refractivity contribution in [2.75, 3.05) is 46.6 Å². The minimum Gasteiger partial charge on any atom is -0.383 e. The lowest BCUT2D eigenvalue weighted by atomic mass is 9.80. The summed E-state index contributed by atoms with van der Waals surface area (Å²) in [5.74, 6) is 0.368. The number of nitrogens with one attached hydrogen (secondary N) is 1. The van der Waals surface area contributed by atoms with Gasteiger partial charge in [0.25, 0.3) is 0 Å². The Balaban J connectivity index is 1.64. The van der Waals surface area contributed by atoms with E-state index in [1.165, 1.54) is 5.56 Å². The van der Waals surface area contributed by atoms with Crippen LogP contribution in [0.4, 0.5) is 0 Å². The first-order valence-electron chi connectivity index (χ1n) is 7.69. The minimum atomic E-state index is -0.407. The number of carbonyl (C=O) groups excluding carboxylic acids is 1. The van der Waals surface area contributed by atoms with Crippen molar-refractivity contribution in [3.8, 4) is 0 Å². The molecule has 0 saturated carbocycles. The molecule has 1 amide bonds. The number of aryl methyl sites for hydroxylation is 1. The van der Waals surface area contributed by atoms with Crippen LogP contribution in [0.1, 0.15) is 5.56 Å². The normalized spacial score (nSPS) is 28.0. The molecule has 0 bridgehead atoms. The first-order valence-corrected chi connectivity index (χ1v) is 7.69. The number of fused-ring (bicyclic) bond motifs is 1. The van der Waals surface area contributed by atoms with Crippen LogP contribution in [0.5, 0.6) is 0 Å². The third-order valence-corrected chi connectivity index (χ3v) is 4.65. The molecule has 7 heteroatoms. The van der Waals surface area contributed by atoms with Gasteiger partial charge in [0, 0.05) is 58.0 Å². The molecule has 2 atom stereocenters. The zero-order chi connectivity index (χ0) is 15.6. The molecule has 7 nitrogen and oxygen atoms in total. The van der Waals surface area contributed by atoms with Crippen molar-refractivity contribution in [2.45, 2.75) is 6.54 Å². The molecule has 2 aliphatic heterocycles. The molecular formula is C15H24N4O3. The second-order valence-corrected chi connectivity index (χ2v) is 6.31. The standard InChI is InChI=1S/C15H24N4O3/c1-18-6-12(5-17-18)7-19-8-13-9-22-11-15(13,10-19)14(20)16-3-4-21-2/h5-6,13H,3-4,7-11H2,1-2H3,(H,16,20)/t13-,15-/m1/s1. The Labute approximate surface area is 130 Å². The summed E-state index contributed by atoms with van der Waals surface area (Å²) in [7, 11) is 3.55. The zero-order valence-electron chi connectivity index (χ0n) is 13.2. The van der Waals surface area contributed by atoms with Crippen LogP contribution in [-0.4, -0.2) is 67.2 Å². The van der Waals surface area contributed by atoms with Crippen molar-refractivity contribution in [3.63, 3.8) is 0 Å². The molecule has 1 aromatic rings. The number of nitrogens with zero attached hydrogens (tertiary/aromatic N) is 3. The predicted molar refractivity (Wildman–Crippen MR) is 80.1 cm³/mol. The van der Waals surface area contributed by atoms with Gasteiger partial charge in [-0.05, 0) is 0 Å². The van der Waals surface area contributed by atoms with Crippen LogP contribution < -0.4 is 5.32 Å². The van der Waals surface area contributed by atoms with E-state index in [-0.39, 0.29) is 11.8 Å². The fourth-order valence-corrected chi connectivity index (χ4v) is 3.54. The van der Waals surface area contributed by atoms with E-state index in [9.17, 15) is 4.79 Å². The second kappa shape index (κ2) is 6.36. The van der Waals surface area contributed by atoms with Crippen molar-refractivity contribution < 1.29 is 14.3 Å². The average molecular weight is 308 g/mol. The van der Waals surface area contributed by atoms with Gasteiger partial charge >= 0.3 is 0 Å². The van der Waals surface area contributed by atoms with Gasteiger partial charge in [-0.3, -0.25) is 14.4 Å². The Morgan fingerprint density at radius 3 is 3.23 bits per heavy atom. The van der Waals surface area contributed by atoms with E-state index in [1.54, 1.807) is 7.11 Å². The number of aromatic nitrogens is 2. The number of amides is 1. The Morgan fingerprint density at radius 2 is 2.50 bits per heavy atom. The molecule has 2 aliphatic rings. The van der Waals surface area contributed by atoms with Crippen molar-refractivity contribution in [2.24, 2.45) is 18.4 Å². The van der Waals surface area contributed by atoms with Crippen molar-refractivity contribution in [1.82, 2.24) is 20.0 Å². The molecule has 1 aromatic heterocycles. The van der Waals surface area contributed by atoms with Gasteiger partial charge in [-0.2, -0.15) is 5.10 Å². The van der Waals surface area contributed by atoms with Crippen molar-refractivity contribution in [3.05, 3.63) is 18.0 Å². The number of carbonyl (C=O) groups is 1. The third kappa shape index (κ3) is 2.88. The van der Waals surface area contributed by atoms with Gasteiger partial charge < -0.3 is 14.8 Å². The number of hydrogen-bond donors (Lipinski definition) is 1. The topological polar surface area (TPSA) is 68.6 Å². The lowest BCUT2D eigenvalue weighted by Crippen LogP contribution is -2.47. The van der Waals surface area contributed by atoms with Crippen LogP contribution in [0.2, 0.25) is 0 Å². The summed E-state index contributed by atoms with van der Waals surface area (Å²) in [6, 6.07) is 0. The van der Waals surface area contributed by atoms with Gasteiger partial charge in [0.05, 0.1) is 31.4 Å². The maximum Gasteiger partial charge on any atom is 0.230 e. The fraction of sp³-hybridized carbons (Fsp3) is 0.733. The molecule has 1 N–H and O–H groups in total. The largest absolute Gasteiger partial charge is 0.383 e. The highest BCUT2D eigenvalue weighted by Gasteiger charge is 2.55. The average Bonchev–Trinajstić information content (AvgIpc) is 3.14. The van der Waals surface area contributed by atoms with Gasteiger partial charge in [-0.1, -0.05) is 0 Å². The number of methoxy groups -OCH3 is 1. The van der Waals surface area contributed by atoms with Crippen LogP contribution in [0.15, 0.2) is 12.4 Å². The Kier molecular flexibility index (Phi) is 4.46. The first kappa shape index (κ1) is 15.5. The van der Waals surface area contributed by atoms with E-state index in [0.717, 1.165) is 19.6 Å². The van der Waals surface area contributed by atoms with Crippen LogP contribution >= 0.6 is 0 Å². The molecule has 3 rings (SSSR count). The minimum absolute atomic E-state index is 0.0979. The summed E-state index contributed by atoms with van der Waals surface area (Å²) in [4.78, 5) is 15.0. The van der Waals surface area contributed by atoms with Gasteiger partial charge in [0.1, 0.15) is 0 Å². The monoisotopic (exact) mass is 308 g/mol. The Hall–Kier alpha value is -1.44. The van der Waals surface area contributed by atoms with Gasteiger partial charge in [0.15, 0.2) is 0 Å². The molecular weight excluding hydrogens is 284 g/mol. The summed E-state index contributed by atoms with van der Waals surface area (Å²) in [6.45, 7) is 4.73. The lowest BCUT2D eigenvalue weighted by molar-refractivity contribution is -0.131. The third-order valence-electron chi connectivity index (χ3n) is 4.65. The molecule has 0 radical (unpaired) electrons. The van der Waals surface area contributed by atoms with E-state index < -0.39 is 5.41 Å². The van der Waals surface area contributed by atoms with E-state index in [1.807, 2.05) is 24.1 Å². The summed E-state index contributed by atoms with van der Waals surface area (Å²) in [5.41, 5.74) is 0.772. The number of hydrogen-bond acceptors (Lipinski definition) is 5. The fourth-order valence-electron chi connectivity index (χ4n) is 3.54. The van der Waals surface area contributed by atoms with E-state index in [2.05, 4.69) is 15.3 Å². The highest BCUT2D eigenvalue weighted by molar-refractivity contribution is 5.84. The van der Waals surface area contributed by atoms with Crippen LogP contribution in [0, 0.1) is 11.3 Å². The maximum absolute atomic E-state index is 12.6. The Morgan fingerprint density at radius 1 is 1.64 bits per heavy atom. The molecule has 2 saturated heterocycles. The SMILES string of the molecule is COCCNC(=O)[C@]12COC[C@H]1CN(Cc1cnn(C)c1)C2. The van der Waals surface area contributed by atoms with E-state index >= 15 is 0 Å². The van der Waals surface area contributed by atoms with E-state index in [0.29, 0.717) is 26.4 Å². The Bertz CT molecular complexity index is 533. The molecule has 0 aromatic carbocycles. The molecule has 3 heterocycles. The number of ether oxygens (including phenoxy) is 2. The number of rotatable bonds is 6. The van der Waals surface area contributed by atoms with Gasteiger partial charge in [0.2, 0.25) is 5.91 Å². The quantitative estimate of drug-likeness (QED) is 0.726. The maximum atomic E-state index is 12.6. The zero-order valence-corrected chi connectivity index (χ0v) is 13.2. The van der Waals surface area contributed by atoms with Gasteiger partial charge in [-0.25, -0.2) is 0 Å². The summed E-state index contributed by atoms with van der Waals surface area (Å²) in [5, 5.41) is 7.19. The molecule has 22 heavy (non-hydrogen) atoms. The summed E-state index contributed by atoms with van der Waals surface area (Å²) in [6.07, 6.45) is 3.91. The lowest BCUT2D eigenvalue weighted by Gasteiger charge is -2.26. The molecule has 122 valence electrons. The summed E-state index contributed by atoms with van der Waals surface area (Å²) >= 11 is 0. The second-order valence-electron chi connectivity index (χ2n) is 6.31.